The molecule has 1 atom stereocenters. The van der Waals surface area contributed by atoms with Crippen LogP contribution in [0.2, 0.25) is 5.28 Å². The molecule has 0 amide bonds. The molecule has 0 aliphatic carbocycles. The van der Waals surface area contributed by atoms with Crippen LogP contribution in [-0.2, 0) is 5.54 Å². The molecule has 6 nitrogen and oxygen atoms in total. The average Bonchev–Trinajstić information content (AvgIpc) is 2.96. The molecule has 108 valence electrons. The third-order valence-corrected chi connectivity index (χ3v) is 3.55. The summed E-state index contributed by atoms with van der Waals surface area (Å²) >= 11 is 5.92. The molecule has 3 aromatic rings. The Morgan fingerprint density at radius 1 is 1.29 bits per heavy atom. The third-order valence-electron chi connectivity index (χ3n) is 3.38. The molecule has 1 aromatic carbocycles. The summed E-state index contributed by atoms with van der Waals surface area (Å²) in [6.07, 6.45) is 1.53. The SMILES string of the molecule is CC(CO)(Nc1nc(Cl)nc2nc[nH]c12)c1ccccc1. The van der Waals surface area contributed by atoms with E-state index in [4.69, 9.17) is 11.6 Å². The number of hydrogen-bond donors (Lipinski definition) is 3. The molecule has 0 saturated heterocycles. The Hall–Kier alpha value is -2.18. The zero-order chi connectivity index (χ0) is 14.9. The van der Waals surface area contributed by atoms with Crippen molar-refractivity contribution >= 4 is 28.6 Å². The van der Waals surface area contributed by atoms with Gasteiger partial charge in [0, 0.05) is 0 Å². The van der Waals surface area contributed by atoms with E-state index < -0.39 is 5.54 Å². The first-order valence-corrected chi connectivity index (χ1v) is 6.81. The Morgan fingerprint density at radius 2 is 2.05 bits per heavy atom. The number of imidazole rings is 1. The summed E-state index contributed by atoms with van der Waals surface area (Å²) in [6.45, 7) is 1.79. The molecule has 0 spiro atoms. The lowest BCUT2D eigenvalue weighted by Gasteiger charge is -2.30. The number of aromatic nitrogens is 4. The molecule has 0 radical (unpaired) electrons. The Kier molecular flexibility index (Phi) is 3.48. The van der Waals surface area contributed by atoms with Crippen LogP contribution in [0.25, 0.3) is 11.2 Å². The van der Waals surface area contributed by atoms with Crippen LogP contribution in [-0.4, -0.2) is 31.6 Å². The van der Waals surface area contributed by atoms with Gasteiger partial charge >= 0.3 is 0 Å². The second kappa shape index (κ2) is 5.31. The van der Waals surface area contributed by atoms with Gasteiger partial charge < -0.3 is 15.4 Å². The highest BCUT2D eigenvalue weighted by Gasteiger charge is 2.27. The molecule has 3 rings (SSSR count). The van der Waals surface area contributed by atoms with Gasteiger partial charge in [0.05, 0.1) is 18.5 Å². The second-order valence-corrected chi connectivity index (χ2v) is 5.26. The number of rotatable bonds is 4. The maximum absolute atomic E-state index is 9.83. The quantitative estimate of drug-likeness (QED) is 0.644. The van der Waals surface area contributed by atoms with Gasteiger partial charge in [-0.1, -0.05) is 30.3 Å². The highest BCUT2D eigenvalue weighted by atomic mass is 35.5. The normalized spacial score (nSPS) is 14.0. The lowest BCUT2D eigenvalue weighted by molar-refractivity contribution is 0.224. The number of halogens is 1. The van der Waals surface area contributed by atoms with Gasteiger partial charge in [-0.05, 0) is 24.1 Å². The van der Waals surface area contributed by atoms with Gasteiger partial charge in [-0.3, -0.25) is 0 Å². The van der Waals surface area contributed by atoms with Crippen molar-refractivity contribution in [2.75, 3.05) is 11.9 Å². The van der Waals surface area contributed by atoms with E-state index in [1.165, 1.54) is 6.33 Å². The molecular formula is C14H14ClN5O. The molecular weight excluding hydrogens is 290 g/mol. The monoisotopic (exact) mass is 303 g/mol. The van der Waals surface area contributed by atoms with Crippen molar-refractivity contribution in [3.8, 4) is 0 Å². The first-order chi connectivity index (χ1) is 10.1. The smallest absolute Gasteiger partial charge is 0.226 e. The Morgan fingerprint density at radius 3 is 2.76 bits per heavy atom. The Balaban J connectivity index is 2.05. The first kappa shape index (κ1) is 13.8. The highest BCUT2D eigenvalue weighted by Crippen LogP contribution is 2.28. The number of aromatic amines is 1. The van der Waals surface area contributed by atoms with Gasteiger partial charge in [0.25, 0.3) is 0 Å². The lowest BCUT2D eigenvalue weighted by atomic mass is 9.93. The standard InChI is InChI=1S/C14H14ClN5O/c1-14(7-21,9-5-3-2-4-6-9)20-12-10-11(17-8-16-10)18-13(15)19-12/h2-6,8,21H,7H2,1H3,(H2,16,17,18,19,20). The van der Waals surface area contributed by atoms with Crippen LogP contribution >= 0.6 is 11.6 Å². The van der Waals surface area contributed by atoms with E-state index in [2.05, 4.69) is 25.3 Å². The molecule has 0 saturated carbocycles. The zero-order valence-electron chi connectivity index (χ0n) is 11.3. The maximum Gasteiger partial charge on any atom is 0.226 e. The van der Waals surface area contributed by atoms with Crippen molar-refractivity contribution in [1.82, 2.24) is 19.9 Å². The minimum Gasteiger partial charge on any atom is -0.394 e. The Labute approximate surface area is 126 Å². The van der Waals surface area contributed by atoms with E-state index in [9.17, 15) is 5.11 Å². The number of benzene rings is 1. The summed E-state index contributed by atoms with van der Waals surface area (Å²) in [7, 11) is 0. The number of nitrogens with zero attached hydrogens (tertiary/aromatic N) is 3. The molecule has 7 heteroatoms. The van der Waals surface area contributed by atoms with Crippen LogP contribution in [0.1, 0.15) is 12.5 Å². The molecule has 2 heterocycles. The summed E-state index contributed by atoms with van der Waals surface area (Å²) in [5.41, 5.74) is 1.37. The van der Waals surface area contributed by atoms with Gasteiger partial charge in [-0.15, -0.1) is 0 Å². The molecule has 0 bridgehead atoms. The number of nitrogens with one attached hydrogen (secondary N) is 2. The highest BCUT2D eigenvalue weighted by molar-refractivity contribution is 6.28. The molecule has 0 aliphatic heterocycles. The van der Waals surface area contributed by atoms with Crippen LogP contribution in [0, 0.1) is 0 Å². The average molecular weight is 304 g/mol. The number of anilines is 1. The minimum absolute atomic E-state index is 0.102. The summed E-state index contributed by atoms with van der Waals surface area (Å²) in [5, 5.41) is 13.2. The lowest BCUT2D eigenvalue weighted by Crippen LogP contribution is -2.36. The van der Waals surface area contributed by atoms with Gasteiger partial charge in [0.15, 0.2) is 11.5 Å². The van der Waals surface area contributed by atoms with E-state index in [-0.39, 0.29) is 11.9 Å². The zero-order valence-corrected chi connectivity index (χ0v) is 12.1. The predicted octanol–water partition coefficient (Wildman–Crippen LogP) is 2.33. The van der Waals surface area contributed by atoms with E-state index in [0.29, 0.717) is 17.0 Å². The summed E-state index contributed by atoms with van der Waals surface area (Å²) in [6, 6.07) is 9.65. The van der Waals surface area contributed by atoms with E-state index in [0.717, 1.165) is 5.56 Å². The van der Waals surface area contributed by atoms with E-state index >= 15 is 0 Å². The molecule has 0 aliphatic rings. The molecule has 3 N–H and O–H groups in total. The second-order valence-electron chi connectivity index (χ2n) is 4.92. The topological polar surface area (TPSA) is 86.7 Å². The van der Waals surface area contributed by atoms with Crippen LogP contribution in [0.15, 0.2) is 36.7 Å². The van der Waals surface area contributed by atoms with Crippen LogP contribution in [0.5, 0.6) is 0 Å². The third kappa shape index (κ3) is 2.55. The number of H-pyrrole nitrogens is 1. The molecule has 2 aromatic heterocycles. The fraction of sp³-hybridized carbons (Fsp3) is 0.214. The molecule has 1 unspecified atom stereocenters. The van der Waals surface area contributed by atoms with Crippen molar-refractivity contribution in [2.45, 2.75) is 12.5 Å². The fourth-order valence-electron chi connectivity index (χ4n) is 2.17. The van der Waals surface area contributed by atoms with Crippen molar-refractivity contribution in [2.24, 2.45) is 0 Å². The largest absolute Gasteiger partial charge is 0.394 e. The van der Waals surface area contributed by atoms with Crippen LogP contribution in [0.3, 0.4) is 0 Å². The Bertz CT molecular complexity index is 760. The van der Waals surface area contributed by atoms with Crippen molar-refractivity contribution in [3.05, 3.63) is 47.5 Å². The molecule has 0 fully saturated rings. The summed E-state index contributed by atoms with van der Waals surface area (Å²) < 4.78 is 0. The van der Waals surface area contributed by atoms with Gasteiger partial charge in [-0.25, -0.2) is 4.98 Å². The number of aliphatic hydroxyl groups is 1. The fourth-order valence-corrected chi connectivity index (χ4v) is 2.33. The van der Waals surface area contributed by atoms with Gasteiger partial charge in [0.2, 0.25) is 5.28 Å². The minimum atomic E-state index is -0.697. The van der Waals surface area contributed by atoms with Crippen molar-refractivity contribution in [1.29, 1.82) is 0 Å². The summed E-state index contributed by atoms with van der Waals surface area (Å²) in [4.78, 5) is 15.3. The van der Waals surface area contributed by atoms with E-state index in [1.807, 2.05) is 37.3 Å². The van der Waals surface area contributed by atoms with Gasteiger partial charge in [-0.2, -0.15) is 9.97 Å². The van der Waals surface area contributed by atoms with Crippen LogP contribution < -0.4 is 5.32 Å². The van der Waals surface area contributed by atoms with Crippen LogP contribution in [0.4, 0.5) is 5.82 Å². The maximum atomic E-state index is 9.83. The van der Waals surface area contributed by atoms with Crippen molar-refractivity contribution < 1.29 is 5.11 Å². The number of fused-ring (bicyclic) bond motifs is 1. The van der Waals surface area contributed by atoms with E-state index in [1.54, 1.807) is 0 Å². The van der Waals surface area contributed by atoms with Crippen molar-refractivity contribution in [3.63, 3.8) is 0 Å². The molecule has 21 heavy (non-hydrogen) atoms. The van der Waals surface area contributed by atoms with Gasteiger partial charge in [0.1, 0.15) is 5.52 Å². The number of aliphatic hydroxyl groups excluding tert-OH is 1. The number of hydrogen-bond acceptors (Lipinski definition) is 5. The predicted molar refractivity (Wildman–Crippen MR) is 81.2 cm³/mol. The first-order valence-electron chi connectivity index (χ1n) is 6.43. The summed E-state index contributed by atoms with van der Waals surface area (Å²) in [5.74, 6) is 0.503.